The third kappa shape index (κ3) is 7.71. The molecular formula is C4H6N4O13. The Labute approximate surface area is 112 Å². The Bertz CT molecular complexity index is 411. The molecule has 0 spiro atoms. The fraction of sp³-hybridized carbons (Fsp3) is 1.00. The van der Waals surface area contributed by atoms with Crippen LogP contribution in [0.25, 0.3) is 0 Å². The van der Waals surface area contributed by atoms with Gasteiger partial charge in [0, 0.05) is 0 Å². The minimum atomic E-state index is -2.72. The fourth-order valence-electron chi connectivity index (χ4n) is 0.981. The first-order valence-corrected chi connectivity index (χ1v) is 4.52. The van der Waals surface area contributed by atoms with Crippen molar-refractivity contribution in [1.29, 1.82) is 0 Å². The maximum absolute atomic E-state index is 10.2. The summed E-state index contributed by atoms with van der Waals surface area (Å²) >= 11 is 0. The molecule has 0 aromatic rings. The third-order valence-corrected chi connectivity index (χ3v) is 1.61. The molecule has 0 aliphatic rings. The Balaban J connectivity index is 5.12. The molecule has 0 radical (unpaired) electrons. The van der Waals surface area contributed by atoms with Crippen molar-refractivity contribution in [1.82, 2.24) is 0 Å². The van der Waals surface area contributed by atoms with Gasteiger partial charge in [-0.15, -0.1) is 40.5 Å². The van der Waals surface area contributed by atoms with Crippen molar-refractivity contribution >= 4 is 0 Å². The second-order valence-corrected chi connectivity index (χ2v) is 2.90. The van der Waals surface area contributed by atoms with E-state index in [1.807, 2.05) is 0 Å². The molecule has 0 heterocycles. The van der Waals surface area contributed by atoms with Crippen LogP contribution in [0.4, 0.5) is 0 Å². The second kappa shape index (κ2) is 8.04. The van der Waals surface area contributed by atoms with E-state index in [9.17, 15) is 40.5 Å². The molecule has 0 aromatic carbocycles. The van der Waals surface area contributed by atoms with E-state index in [4.69, 9.17) is 5.11 Å². The topological polar surface area (TPSA) is 230 Å². The number of rotatable bonds is 11. The van der Waals surface area contributed by atoms with Crippen LogP contribution < -0.4 is 0 Å². The molecule has 21 heavy (non-hydrogen) atoms. The van der Waals surface area contributed by atoms with Crippen LogP contribution >= 0.6 is 0 Å². The van der Waals surface area contributed by atoms with Crippen LogP contribution in [-0.2, 0) is 19.4 Å². The first kappa shape index (κ1) is 17.8. The summed E-state index contributed by atoms with van der Waals surface area (Å²) in [5.41, 5.74) is 0. The second-order valence-electron chi connectivity index (χ2n) is 2.90. The van der Waals surface area contributed by atoms with Crippen LogP contribution in [0.15, 0.2) is 0 Å². The van der Waals surface area contributed by atoms with E-state index in [1.54, 1.807) is 0 Å². The predicted octanol–water partition coefficient (Wildman–Crippen LogP) is -2.12. The van der Waals surface area contributed by atoms with E-state index >= 15 is 0 Å². The van der Waals surface area contributed by atoms with E-state index < -0.39 is 45.5 Å². The van der Waals surface area contributed by atoms with E-state index in [0.29, 0.717) is 0 Å². The lowest BCUT2D eigenvalue weighted by Gasteiger charge is -2.25. The summed E-state index contributed by atoms with van der Waals surface area (Å²) in [6, 6.07) is 0. The highest BCUT2D eigenvalue weighted by Gasteiger charge is 2.38. The van der Waals surface area contributed by atoms with Crippen LogP contribution in [0.2, 0.25) is 0 Å². The lowest BCUT2D eigenvalue weighted by molar-refractivity contribution is -0.829. The van der Waals surface area contributed by atoms with Gasteiger partial charge in [0.05, 0.1) is 0 Å². The molecule has 1 unspecified atom stereocenters. The Hall–Kier alpha value is -3.24. The largest absolute Gasteiger partial charge is 0.367 e. The predicted molar refractivity (Wildman–Crippen MR) is 50.8 cm³/mol. The summed E-state index contributed by atoms with van der Waals surface area (Å²) in [7, 11) is 0. The van der Waals surface area contributed by atoms with Crippen LogP contribution in [0.1, 0.15) is 0 Å². The van der Waals surface area contributed by atoms with Crippen molar-refractivity contribution in [3.8, 4) is 0 Å². The number of aliphatic hydroxyl groups excluding tert-OH is 1. The number of aliphatic hydroxyl groups is 1. The van der Waals surface area contributed by atoms with E-state index in [1.165, 1.54) is 0 Å². The number of hydrogen-bond acceptors (Lipinski definition) is 13. The maximum atomic E-state index is 10.2. The van der Waals surface area contributed by atoms with Crippen molar-refractivity contribution in [2.24, 2.45) is 0 Å². The van der Waals surface area contributed by atoms with Gasteiger partial charge in [0.1, 0.15) is 6.61 Å². The molecule has 17 nitrogen and oxygen atoms in total. The summed E-state index contributed by atoms with van der Waals surface area (Å²) in [5.74, 6) is 0. The summed E-state index contributed by atoms with van der Waals surface area (Å²) < 4.78 is 0. The highest BCUT2D eigenvalue weighted by Crippen LogP contribution is 2.12. The maximum Gasteiger partial charge on any atom is 0.297 e. The monoisotopic (exact) mass is 318 g/mol. The van der Waals surface area contributed by atoms with E-state index in [2.05, 4.69) is 19.4 Å². The summed E-state index contributed by atoms with van der Waals surface area (Å²) in [6.07, 6.45) is -7.47. The Kier molecular flexibility index (Phi) is 6.80. The molecule has 0 amide bonds. The van der Waals surface area contributed by atoms with Crippen molar-refractivity contribution in [2.45, 2.75) is 18.5 Å². The minimum Gasteiger partial charge on any atom is -0.367 e. The summed E-state index contributed by atoms with van der Waals surface area (Å²) in [6.45, 7) is -1.31. The lowest BCUT2D eigenvalue weighted by atomic mass is 10.2. The number of hydrogen-bond donors (Lipinski definition) is 1. The Morgan fingerprint density at radius 2 is 1.29 bits per heavy atom. The average Bonchev–Trinajstić information content (AvgIpc) is 2.29. The zero-order valence-corrected chi connectivity index (χ0v) is 9.57. The highest BCUT2D eigenvalue weighted by atomic mass is 17.0. The van der Waals surface area contributed by atoms with Crippen molar-refractivity contribution in [2.75, 3.05) is 6.61 Å². The molecule has 0 aliphatic carbocycles. The Morgan fingerprint density at radius 3 is 1.67 bits per heavy atom. The molecule has 0 fully saturated rings. The van der Waals surface area contributed by atoms with Gasteiger partial charge in [-0.25, -0.2) is 0 Å². The van der Waals surface area contributed by atoms with Gasteiger partial charge in [0.2, 0.25) is 6.29 Å². The van der Waals surface area contributed by atoms with Gasteiger partial charge in [-0.2, -0.15) is 0 Å². The van der Waals surface area contributed by atoms with Crippen LogP contribution in [0.5, 0.6) is 0 Å². The van der Waals surface area contributed by atoms with Gasteiger partial charge in [-0.3, -0.25) is 4.84 Å². The zero-order valence-electron chi connectivity index (χ0n) is 9.57. The van der Waals surface area contributed by atoms with Crippen molar-refractivity contribution in [3.63, 3.8) is 0 Å². The van der Waals surface area contributed by atoms with Gasteiger partial charge in [0.25, 0.3) is 20.3 Å². The van der Waals surface area contributed by atoms with Gasteiger partial charge in [-0.1, -0.05) is 0 Å². The SMILES string of the molecule is O=[N+]([O-])OC[C@H](O[N+](=O)[O-])[C@H](O[N+](=O)[O-])C(O)O[N+](=O)[O-]. The highest BCUT2D eigenvalue weighted by molar-refractivity contribution is 4.70. The molecule has 120 valence electrons. The van der Waals surface area contributed by atoms with Gasteiger partial charge < -0.3 is 19.6 Å². The molecule has 0 aliphatic heterocycles. The molecule has 0 bridgehead atoms. The number of nitrogens with zero attached hydrogens (tertiary/aromatic N) is 4. The van der Waals surface area contributed by atoms with Crippen LogP contribution in [0, 0.1) is 40.5 Å². The molecule has 17 heteroatoms. The third-order valence-electron chi connectivity index (χ3n) is 1.61. The molecule has 3 atom stereocenters. The first-order valence-electron chi connectivity index (χ1n) is 4.52. The van der Waals surface area contributed by atoms with Crippen molar-refractivity contribution in [3.05, 3.63) is 40.5 Å². The van der Waals surface area contributed by atoms with E-state index in [-0.39, 0.29) is 0 Å². The van der Waals surface area contributed by atoms with Crippen LogP contribution in [-0.4, -0.2) is 50.6 Å². The molecule has 0 aromatic heterocycles. The standard InChI is InChI=1S/C4H6N4O13/c9-4(21-8(16)17)3(20-7(14)15)2(19-6(12)13)1-18-5(10)11/h2-4,9H,1H2/t2-,3-,4?/m0/s1. The first-order chi connectivity index (χ1) is 9.63. The summed E-state index contributed by atoms with van der Waals surface area (Å²) in [5, 5.41) is 43.3. The van der Waals surface area contributed by atoms with Crippen LogP contribution in [0.3, 0.4) is 0 Å². The van der Waals surface area contributed by atoms with Gasteiger partial charge in [0.15, 0.2) is 12.2 Å². The Morgan fingerprint density at radius 1 is 0.810 bits per heavy atom. The average molecular weight is 318 g/mol. The normalized spacial score (nSPS) is 14.1. The fourth-order valence-corrected chi connectivity index (χ4v) is 0.981. The lowest BCUT2D eigenvalue weighted by Crippen LogP contribution is -2.47. The molecular weight excluding hydrogens is 312 g/mol. The molecule has 0 rings (SSSR count). The molecule has 0 saturated heterocycles. The van der Waals surface area contributed by atoms with E-state index in [0.717, 1.165) is 0 Å². The van der Waals surface area contributed by atoms with Crippen molar-refractivity contribution < 1.29 is 44.8 Å². The van der Waals surface area contributed by atoms with Gasteiger partial charge >= 0.3 is 0 Å². The smallest absolute Gasteiger partial charge is 0.297 e. The molecule has 1 N–H and O–H groups in total. The zero-order chi connectivity index (χ0) is 16.6. The molecule has 0 saturated carbocycles. The minimum absolute atomic E-state index is 1.31. The van der Waals surface area contributed by atoms with Gasteiger partial charge in [-0.05, 0) is 0 Å². The quantitative estimate of drug-likeness (QED) is 0.244. The summed E-state index contributed by atoms with van der Waals surface area (Å²) in [4.78, 5) is 55.0.